The number of alkyl halides is 3. The van der Waals surface area contributed by atoms with Gasteiger partial charge in [-0.3, -0.25) is 5.10 Å². The average molecular weight is 279 g/mol. The number of aromatic hydroxyl groups is 1. The number of phenols is 1. The first kappa shape index (κ1) is 12.5. The Bertz CT molecular complexity index is 763. The molecule has 0 aliphatic rings. The fourth-order valence-corrected chi connectivity index (χ4v) is 1.91. The molecule has 0 saturated heterocycles. The van der Waals surface area contributed by atoms with Crippen molar-refractivity contribution in [1.29, 1.82) is 0 Å². The van der Waals surface area contributed by atoms with E-state index in [0.717, 1.165) is 0 Å². The molecule has 0 atom stereocenters. The van der Waals surface area contributed by atoms with E-state index in [0.29, 0.717) is 11.3 Å². The van der Waals surface area contributed by atoms with Gasteiger partial charge in [-0.15, -0.1) is 0 Å². The Morgan fingerprint density at radius 2 is 1.70 bits per heavy atom. The van der Waals surface area contributed by atoms with Crippen molar-refractivity contribution in [2.45, 2.75) is 6.18 Å². The average Bonchev–Trinajstić information content (AvgIpc) is 2.82. The van der Waals surface area contributed by atoms with E-state index in [9.17, 15) is 18.3 Å². The van der Waals surface area contributed by atoms with Gasteiger partial charge in [0.15, 0.2) is 11.3 Å². The van der Waals surface area contributed by atoms with E-state index >= 15 is 0 Å². The SMILES string of the molecule is Oc1ccc(-c2ccc3c(C(F)(F)F)n[nH]c3n2)cc1. The summed E-state index contributed by atoms with van der Waals surface area (Å²) in [5, 5.41) is 14.7. The molecule has 3 aromatic rings. The van der Waals surface area contributed by atoms with Crippen LogP contribution in [0.1, 0.15) is 5.69 Å². The number of aromatic nitrogens is 3. The molecule has 7 heteroatoms. The van der Waals surface area contributed by atoms with Crippen molar-refractivity contribution in [3.63, 3.8) is 0 Å². The highest BCUT2D eigenvalue weighted by Gasteiger charge is 2.36. The number of hydrogen-bond acceptors (Lipinski definition) is 3. The minimum atomic E-state index is -4.51. The van der Waals surface area contributed by atoms with E-state index in [-0.39, 0.29) is 16.8 Å². The Morgan fingerprint density at radius 3 is 2.35 bits per heavy atom. The van der Waals surface area contributed by atoms with Crippen LogP contribution in [0.5, 0.6) is 5.75 Å². The zero-order valence-electron chi connectivity index (χ0n) is 9.94. The van der Waals surface area contributed by atoms with Crippen molar-refractivity contribution in [2.24, 2.45) is 0 Å². The van der Waals surface area contributed by atoms with Gasteiger partial charge in [0.25, 0.3) is 0 Å². The summed E-state index contributed by atoms with van der Waals surface area (Å²) in [7, 11) is 0. The lowest BCUT2D eigenvalue weighted by atomic mass is 10.1. The molecule has 0 aliphatic carbocycles. The second-order valence-electron chi connectivity index (χ2n) is 4.21. The number of hydrogen-bond donors (Lipinski definition) is 2. The van der Waals surface area contributed by atoms with Crippen molar-refractivity contribution in [1.82, 2.24) is 15.2 Å². The number of nitrogens with zero attached hydrogens (tertiary/aromatic N) is 2. The van der Waals surface area contributed by atoms with Crippen LogP contribution in [0, 0.1) is 0 Å². The number of halogens is 3. The number of rotatable bonds is 1. The van der Waals surface area contributed by atoms with Gasteiger partial charge in [0, 0.05) is 5.56 Å². The van der Waals surface area contributed by atoms with E-state index in [4.69, 9.17) is 0 Å². The Balaban J connectivity index is 2.10. The number of benzene rings is 1. The van der Waals surface area contributed by atoms with Crippen LogP contribution < -0.4 is 0 Å². The maximum Gasteiger partial charge on any atom is 0.435 e. The third-order valence-electron chi connectivity index (χ3n) is 2.86. The van der Waals surface area contributed by atoms with Crippen molar-refractivity contribution < 1.29 is 18.3 Å². The summed E-state index contributed by atoms with van der Waals surface area (Å²) >= 11 is 0. The molecule has 2 N–H and O–H groups in total. The highest BCUT2D eigenvalue weighted by Crippen LogP contribution is 2.33. The van der Waals surface area contributed by atoms with E-state index in [1.54, 1.807) is 12.1 Å². The normalized spacial score (nSPS) is 11.9. The van der Waals surface area contributed by atoms with E-state index in [2.05, 4.69) is 15.2 Å². The first-order valence-electron chi connectivity index (χ1n) is 5.67. The largest absolute Gasteiger partial charge is 0.508 e. The number of aromatic amines is 1. The fraction of sp³-hybridized carbons (Fsp3) is 0.0769. The first-order chi connectivity index (χ1) is 9.45. The van der Waals surface area contributed by atoms with Crippen LogP contribution in [-0.4, -0.2) is 20.3 Å². The molecule has 102 valence electrons. The molecule has 20 heavy (non-hydrogen) atoms. The van der Waals surface area contributed by atoms with Gasteiger partial charge in [-0.1, -0.05) is 0 Å². The number of nitrogens with one attached hydrogen (secondary N) is 1. The Kier molecular flexibility index (Phi) is 2.63. The minimum Gasteiger partial charge on any atom is -0.508 e. The van der Waals surface area contributed by atoms with Crippen molar-refractivity contribution >= 4 is 11.0 Å². The topological polar surface area (TPSA) is 61.8 Å². The highest BCUT2D eigenvalue weighted by atomic mass is 19.4. The van der Waals surface area contributed by atoms with Crippen LogP contribution in [0.3, 0.4) is 0 Å². The molecule has 2 heterocycles. The summed E-state index contributed by atoms with van der Waals surface area (Å²) in [5.74, 6) is 0.107. The van der Waals surface area contributed by atoms with Gasteiger partial charge in [0.2, 0.25) is 0 Å². The molecule has 0 amide bonds. The van der Waals surface area contributed by atoms with Gasteiger partial charge in [-0.05, 0) is 36.4 Å². The van der Waals surface area contributed by atoms with Gasteiger partial charge in [0.1, 0.15) is 5.75 Å². The molecule has 2 aromatic heterocycles. The summed E-state index contributed by atoms with van der Waals surface area (Å²) in [5.41, 5.74) is 0.280. The monoisotopic (exact) mass is 279 g/mol. The summed E-state index contributed by atoms with van der Waals surface area (Å²) < 4.78 is 38.0. The number of pyridine rings is 1. The second kappa shape index (κ2) is 4.22. The van der Waals surface area contributed by atoms with Crippen LogP contribution in [0.25, 0.3) is 22.3 Å². The van der Waals surface area contributed by atoms with Gasteiger partial charge in [-0.25, -0.2) is 4.98 Å². The van der Waals surface area contributed by atoms with Crippen LogP contribution in [0.15, 0.2) is 36.4 Å². The molecule has 0 unspecified atom stereocenters. The van der Waals surface area contributed by atoms with Crippen LogP contribution in [0.4, 0.5) is 13.2 Å². The zero-order chi connectivity index (χ0) is 14.3. The lowest BCUT2D eigenvalue weighted by Gasteiger charge is -2.03. The van der Waals surface area contributed by atoms with Gasteiger partial charge in [-0.2, -0.15) is 18.3 Å². The van der Waals surface area contributed by atoms with Crippen LogP contribution >= 0.6 is 0 Å². The summed E-state index contributed by atoms with van der Waals surface area (Å²) in [4.78, 5) is 4.11. The second-order valence-corrected chi connectivity index (χ2v) is 4.21. The third-order valence-corrected chi connectivity index (χ3v) is 2.86. The highest BCUT2D eigenvalue weighted by molar-refractivity contribution is 5.81. The van der Waals surface area contributed by atoms with E-state index in [1.165, 1.54) is 24.3 Å². The van der Waals surface area contributed by atoms with Crippen molar-refractivity contribution in [3.05, 3.63) is 42.1 Å². The molecule has 0 spiro atoms. The molecular formula is C13H8F3N3O. The molecule has 1 aromatic carbocycles. The van der Waals surface area contributed by atoms with Gasteiger partial charge in [0.05, 0.1) is 11.1 Å². The molecule has 0 fully saturated rings. The summed E-state index contributed by atoms with van der Waals surface area (Å²) in [6.07, 6.45) is -4.51. The number of fused-ring (bicyclic) bond motifs is 1. The standard InChI is InChI=1S/C13H8F3N3O/c14-13(15,16)11-9-5-6-10(17-12(9)19-18-11)7-1-3-8(20)4-2-7/h1-6,20H,(H,17,18,19). The summed E-state index contributed by atoms with van der Waals surface area (Å²) in [6.45, 7) is 0. The molecule has 0 aliphatic heterocycles. The smallest absolute Gasteiger partial charge is 0.435 e. The Morgan fingerprint density at radius 1 is 1.00 bits per heavy atom. The predicted octanol–water partition coefficient (Wildman–Crippen LogP) is 3.35. The minimum absolute atomic E-state index is 0.0694. The molecule has 4 nitrogen and oxygen atoms in total. The molecule has 0 radical (unpaired) electrons. The molecule has 3 rings (SSSR count). The lowest BCUT2D eigenvalue weighted by Crippen LogP contribution is -2.05. The number of phenolic OH excluding ortho intramolecular Hbond substituents is 1. The Labute approximate surface area is 110 Å². The molecule has 0 bridgehead atoms. The van der Waals surface area contributed by atoms with Crippen LogP contribution in [-0.2, 0) is 6.18 Å². The van der Waals surface area contributed by atoms with Gasteiger partial charge >= 0.3 is 6.18 Å². The quantitative estimate of drug-likeness (QED) is 0.718. The van der Waals surface area contributed by atoms with Gasteiger partial charge < -0.3 is 5.11 Å². The predicted molar refractivity (Wildman–Crippen MR) is 66.0 cm³/mol. The number of H-pyrrole nitrogens is 1. The van der Waals surface area contributed by atoms with Crippen molar-refractivity contribution in [2.75, 3.05) is 0 Å². The lowest BCUT2D eigenvalue weighted by molar-refractivity contribution is -0.139. The Hall–Kier alpha value is -2.57. The fourth-order valence-electron chi connectivity index (χ4n) is 1.91. The van der Waals surface area contributed by atoms with Crippen LogP contribution in [0.2, 0.25) is 0 Å². The van der Waals surface area contributed by atoms with E-state index in [1.807, 2.05) is 0 Å². The molecule has 0 saturated carbocycles. The maximum absolute atomic E-state index is 12.7. The van der Waals surface area contributed by atoms with Crippen molar-refractivity contribution in [3.8, 4) is 17.0 Å². The first-order valence-corrected chi connectivity index (χ1v) is 5.67. The van der Waals surface area contributed by atoms with E-state index < -0.39 is 11.9 Å². The molecular weight excluding hydrogens is 271 g/mol. The zero-order valence-corrected chi connectivity index (χ0v) is 9.94. The maximum atomic E-state index is 12.7. The summed E-state index contributed by atoms with van der Waals surface area (Å²) in [6, 6.07) is 9.04. The third kappa shape index (κ3) is 2.07.